The quantitative estimate of drug-likeness (QED) is 0.647. The van der Waals surface area contributed by atoms with Crippen LogP contribution >= 0.6 is 0 Å². The summed E-state index contributed by atoms with van der Waals surface area (Å²) in [6.07, 6.45) is 1.64. The first-order valence-electron chi connectivity index (χ1n) is 10.8. The molecule has 2 aromatic rings. The molecule has 0 aliphatic carbocycles. The van der Waals surface area contributed by atoms with Crippen molar-refractivity contribution in [2.75, 3.05) is 40.4 Å². The molecule has 0 radical (unpaired) electrons. The van der Waals surface area contributed by atoms with Gasteiger partial charge in [0.1, 0.15) is 0 Å². The SMILES string of the molecule is COc1ccc(C(=O)N2CCN(C(=O)CCCc3nc(C(C)(C)C)no3)CC2)cc1OC. The molecule has 1 fully saturated rings. The van der Waals surface area contributed by atoms with Crippen LogP contribution in [0.15, 0.2) is 22.7 Å². The highest BCUT2D eigenvalue weighted by atomic mass is 16.5. The van der Waals surface area contributed by atoms with Crippen LogP contribution in [0, 0.1) is 0 Å². The van der Waals surface area contributed by atoms with E-state index in [-0.39, 0.29) is 17.2 Å². The zero-order chi connectivity index (χ0) is 23.3. The molecular weight excluding hydrogens is 412 g/mol. The predicted molar refractivity (Wildman–Crippen MR) is 118 cm³/mol. The second kappa shape index (κ2) is 10.0. The topological polar surface area (TPSA) is 98.0 Å². The van der Waals surface area contributed by atoms with Gasteiger partial charge in [0.25, 0.3) is 5.91 Å². The van der Waals surface area contributed by atoms with Gasteiger partial charge >= 0.3 is 0 Å². The average Bonchev–Trinajstić information content (AvgIpc) is 3.27. The summed E-state index contributed by atoms with van der Waals surface area (Å²) >= 11 is 0. The molecule has 3 rings (SSSR count). The summed E-state index contributed by atoms with van der Waals surface area (Å²) in [6.45, 7) is 8.12. The molecule has 1 aromatic heterocycles. The molecule has 2 amide bonds. The number of rotatable bonds is 7. The summed E-state index contributed by atoms with van der Waals surface area (Å²) in [7, 11) is 3.10. The number of nitrogens with zero attached hydrogens (tertiary/aromatic N) is 4. The van der Waals surface area contributed by atoms with E-state index < -0.39 is 0 Å². The minimum atomic E-state index is -0.161. The Morgan fingerprint density at radius 1 is 1.03 bits per heavy atom. The summed E-state index contributed by atoms with van der Waals surface area (Å²) in [5.41, 5.74) is 0.377. The zero-order valence-electron chi connectivity index (χ0n) is 19.5. The number of methoxy groups -OCH3 is 2. The van der Waals surface area contributed by atoms with Crippen molar-refractivity contribution in [3.63, 3.8) is 0 Å². The minimum absolute atomic E-state index is 0.0795. The van der Waals surface area contributed by atoms with E-state index in [1.165, 1.54) is 0 Å². The molecule has 2 heterocycles. The molecule has 1 saturated heterocycles. The summed E-state index contributed by atoms with van der Waals surface area (Å²) in [4.78, 5) is 33.4. The monoisotopic (exact) mass is 444 g/mol. The van der Waals surface area contributed by atoms with E-state index in [4.69, 9.17) is 14.0 Å². The smallest absolute Gasteiger partial charge is 0.254 e. The van der Waals surface area contributed by atoms with Gasteiger partial charge in [-0.15, -0.1) is 0 Å². The highest BCUT2D eigenvalue weighted by Gasteiger charge is 2.26. The Morgan fingerprint density at radius 3 is 2.28 bits per heavy atom. The second-order valence-electron chi connectivity index (χ2n) is 8.86. The molecule has 0 bridgehead atoms. The maximum absolute atomic E-state index is 12.8. The molecule has 0 saturated carbocycles. The standard InChI is InChI=1S/C23H32N4O5/c1-23(2,3)22-24-19(32-25-22)7-6-8-20(28)26-11-13-27(14-12-26)21(29)16-9-10-17(30-4)18(15-16)31-5/h9-10,15H,6-8,11-14H2,1-5H3. The van der Waals surface area contributed by atoms with Crippen LogP contribution in [-0.4, -0.2) is 72.2 Å². The fraction of sp³-hybridized carbons (Fsp3) is 0.565. The third-order valence-electron chi connectivity index (χ3n) is 5.47. The molecule has 32 heavy (non-hydrogen) atoms. The third kappa shape index (κ3) is 5.57. The molecule has 0 atom stereocenters. The van der Waals surface area contributed by atoms with E-state index in [2.05, 4.69) is 10.1 Å². The fourth-order valence-corrected chi connectivity index (χ4v) is 3.52. The molecule has 174 valence electrons. The molecular formula is C23H32N4O5. The molecule has 9 nitrogen and oxygen atoms in total. The number of carbonyl (C=O) groups excluding carboxylic acids is 2. The van der Waals surface area contributed by atoms with E-state index in [1.807, 2.05) is 25.7 Å². The predicted octanol–water partition coefficient (Wildman–Crippen LogP) is 2.69. The number of hydrogen-bond acceptors (Lipinski definition) is 7. The first kappa shape index (κ1) is 23.6. The third-order valence-corrected chi connectivity index (χ3v) is 5.47. The van der Waals surface area contributed by atoms with Crippen LogP contribution in [0.5, 0.6) is 11.5 Å². The van der Waals surface area contributed by atoms with E-state index in [0.29, 0.717) is 74.2 Å². The molecule has 1 aromatic carbocycles. The van der Waals surface area contributed by atoms with Gasteiger partial charge in [-0.2, -0.15) is 4.98 Å². The van der Waals surface area contributed by atoms with Gasteiger partial charge in [0.05, 0.1) is 14.2 Å². The van der Waals surface area contributed by atoms with E-state index in [9.17, 15) is 9.59 Å². The summed E-state index contributed by atoms with van der Waals surface area (Å²) in [5, 5.41) is 4.01. The van der Waals surface area contributed by atoms with Crippen molar-refractivity contribution in [2.24, 2.45) is 0 Å². The van der Waals surface area contributed by atoms with Crippen LogP contribution in [0.1, 0.15) is 55.7 Å². The van der Waals surface area contributed by atoms with Gasteiger partial charge in [0, 0.05) is 50.0 Å². The second-order valence-corrected chi connectivity index (χ2v) is 8.86. The summed E-state index contributed by atoms with van der Waals surface area (Å²) in [5.74, 6) is 2.34. The van der Waals surface area contributed by atoms with Gasteiger partial charge in [-0.25, -0.2) is 0 Å². The van der Waals surface area contributed by atoms with Crippen molar-refractivity contribution in [2.45, 2.75) is 45.4 Å². The van der Waals surface area contributed by atoms with Gasteiger partial charge < -0.3 is 23.8 Å². The lowest BCUT2D eigenvalue weighted by Crippen LogP contribution is -2.50. The highest BCUT2D eigenvalue weighted by molar-refractivity contribution is 5.95. The first-order valence-corrected chi connectivity index (χ1v) is 10.8. The lowest BCUT2D eigenvalue weighted by atomic mass is 9.96. The van der Waals surface area contributed by atoms with Gasteiger partial charge in [-0.05, 0) is 24.6 Å². The zero-order valence-corrected chi connectivity index (χ0v) is 19.5. The molecule has 1 aliphatic rings. The van der Waals surface area contributed by atoms with Gasteiger partial charge in [0.15, 0.2) is 17.3 Å². The Kier molecular flexibility index (Phi) is 7.37. The lowest BCUT2D eigenvalue weighted by Gasteiger charge is -2.35. The van der Waals surface area contributed by atoms with Crippen LogP contribution < -0.4 is 9.47 Å². The largest absolute Gasteiger partial charge is 0.493 e. The van der Waals surface area contributed by atoms with Crippen LogP contribution in [0.2, 0.25) is 0 Å². The highest BCUT2D eigenvalue weighted by Crippen LogP contribution is 2.28. The number of benzene rings is 1. The maximum atomic E-state index is 12.8. The van der Waals surface area contributed by atoms with E-state index >= 15 is 0 Å². The number of aromatic nitrogens is 2. The Bertz CT molecular complexity index is 942. The normalized spacial score (nSPS) is 14.4. The van der Waals surface area contributed by atoms with Crippen LogP contribution in [-0.2, 0) is 16.6 Å². The van der Waals surface area contributed by atoms with Crippen molar-refractivity contribution in [3.8, 4) is 11.5 Å². The van der Waals surface area contributed by atoms with Crippen molar-refractivity contribution in [3.05, 3.63) is 35.5 Å². The molecule has 0 unspecified atom stereocenters. The maximum Gasteiger partial charge on any atom is 0.254 e. The van der Waals surface area contributed by atoms with Crippen LogP contribution in [0.25, 0.3) is 0 Å². The van der Waals surface area contributed by atoms with Crippen molar-refractivity contribution >= 4 is 11.8 Å². The Labute approximate surface area is 188 Å². The number of carbonyl (C=O) groups is 2. The molecule has 0 spiro atoms. The minimum Gasteiger partial charge on any atom is -0.493 e. The van der Waals surface area contributed by atoms with E-state index in [1.54, 1.807) is 37.3 Å². The number of aryl methyl sites for hydroxylation is 1. The summed E-state index contributed by atoms with van der Waals surface area (Å²) in [6, 6.07) is 5.13. The van der Waals surface area contributed by atoms with Gasteiger partial charge in [-0.1, -0.05) is 25.9 Å². The molecule has 0 N–H and O–H groups in total. The van der Waals surface area contributed by atoms with Crippen LogP contribution in [0.4, 0.5) is 0 Å². The Balaban J connectivity index is 1.46. The number of amides is 2. The van der Waals surface area contributed by atoms with Gasteiger partial charge in [-0.3, -0.25) is 9.59 Å². The fourth-order valence-electron chi connectivity index (χ4n) is 3.52. The van der Waals surface area contributed by atoms with Gasteiger partial charge in [0.2, 0.25) is 11.8 Å². The molecule has 1 aliphatic heterocycles. The lowest BCUT2D eigenvalue weighted by molar-refractivity contribution is -0.132. The number of piperazine rings is 1. The Hall–Kier alpha value is -3.10. The number of hydrogen-bond donors (Lipinski definition) is 0. The van der Waals surface area contributed by atoms with Crippen molar-refractivity contribution in [1.82, 2.24) is 19.9 Å². The van der Waals surface area contributed by atoms with Crippen molar-refractivity contribution in [1.29, 1.82) is 0 Å². The molecule has 9 heteroatoms. The van der Waals surface area contributed by atoms with Crippen LogP contribution in [0.3, 0.4) is 0 Å². The average molecular weight is 445 g/mol. The number of ether oxygens (including phenoxy) is 2. The Morgan fingerprint density at radius 2 is 1.69 bits per heavy atom. The summed E-state index contributed by atoms with van der Waals surface area (Å²) < 4.78 is 15.8. The first-order chi connectivity index (χ1) is 15.2. The van der Waals surface area contributed by atoms with Crippen molar-refractivity contribution < 1.29 is 23.6 Å². The van der Waals surface area contributed by atoms with E-state index in [0.717, 1.165) is 0 Å².